The molecule has 0 saturated carbocycles. The van der Waals surface area contributed by atoms with Gasteiger partial charge in [0.2, 0.25) is 6.79 Å². The Morgan fingerprint density at radius 2 is 1.92 bits per heavy atom. The normalized spacial score (nSPS) is 12.2. The zero-order chi connectivity index (χ0) is 16.9. The molecule has 8 heteroatoms. The van der Waals surface area contributed by atoms with E-state index in [1.165, 1.54) is 12.3 Å². The standard InChI is InChI=1S/C16H12ClN3O4/c17-11-2-1-3-12(7-11)19-15(21)16(22)20-18-8-10-4-5-13-14(6-10)24-9-23-13/h1-8H,9H2,(H,19,21)(H,20,22). The fourth-order valence-electron chi connectivity index (χ4n) is 1.96. The molecule has 2 N–H and O–H groups in total. The second-order valence-electron chi connectivity index (χ2n) is 4.78. The molecule has 1 heterocycles. The molecule has 0 aromatic heterocycles. The molecule has 0 fully saturated rings. The number of nitrogens with zero attached hydrogens (tertiary/aromatic N) is 1. The van der Waals surface area contributed by atoms with Gasteiger partial charge in [-0.15, -0.1) is 0 Å². The monoisotopic (exact) mass is 345 g/mol. The van der Waals surface area contributed by atoms with E-state index < -0.39 is 11.8 Å². The number of hydrogen-bond donors (Lipinski definition) is 2. The predicted octanol–water partition coefficient (Wildman–Crippen LogP) is 2.16. The number of carbonyl (C=O) groups is 2. The maximum absolute atomic E-state index is 11.7. The maximum Gasteiger partial charge on any atom is 0.329 e. The fraction of sp³-hybridized carbons (Fsp3) is 0.0625. The number of rotatable bonds is 3. The van der Waals surface area contributed by atoms with Crippen LogP contribution in [0.5, 0.6) is 11.5 Å². The van der Waals surface area contributed by atoms with E-state index >= 15 is 0 Å². The second kappa shape index (κ2) is 7.01. The van der Waals surface area contributed by atoms with Gasteiger partial charge in [-0.25, -0.2) is 5.43 Å². The van der Waals surface area contributed by atoms with E-state index in [1.54, 1.807) is 36.4 Å². The third-order valence-electron chi connectivity index (χ3n) is 3.07. The highest BCUT2D eigenvalue weighted by Gasteiger charge is 2.14. The minimum atomic E-state index is -0.896. The van der Waals surface area contributed by atoms with E-state index in [0.29, 0.717) is 27.8 Å². The van der Waals surface area contributed by atoms with E-state index in [-0.39, 0.29) is 6.79 Å². The van der Waals surface area contributed by atoms with Crippen molar-refractivity contribution in [2.24, 2.45) is 5.10 Å². The van der Waals surface area contributed by atoms with Crippen molar-refractivity contribution in [1.82, 2.24) is 5.43 Å². The van der Waals surface area contributed by atoms with E-state index in [4.69, 9.17) is 21.1 Å². The zero-order valence-electron chi connectivity index (χ0n) is 12.3. The number of hydrazone groups is 1. The molecular weight excluding hydrogens is 334 g/mol. The summed E-state index contributed by atoms with van der Waals surface area (Å²) in [6, 6.07) is 11.7. The van der Waals surface area contributed by atoms with Crippen LogP contribution in [0.3, 0.4) is 0 Å². The Balaban J connectivity index is 1.55. The highest BCUT2D eigenvalue weighted by atomic mass is 35.5. The van der Waals surface area contributed by atoms with Crippen molar-refractivity contribution >= 4 is 35.3 Å². The summed E-state index contributed by atoms with van der Waals surface area (Å²) >= 11 is 5.81. The van der Waals surface area contributed by atoms with Crippen molar-refractivity contribution in [3.63, 3.8) is 0 Å². The van der Waals surface area contributed by atoms with E-state index in [2.05, 4.69) is 15.8 Å². The Bertz CT molecular complexity index is 823. The van der Waals surface area contributed by atoms with Crippen LogP contribution in [0, 0.1) is 0 Å². The van der Waals surface area contributed by atoms with E-state index in [9.17, 15) is 9.59 Å². The number of nitrogens with one attached hydrogen (secondary N) is 2. The van der Waals surface area contributed by atoms with Crippen LogP contribution in [-0.2, 0) is 9.59 Å². The van der Waals surface area contributed by atoms with Gasteiger partial charge in [0.15, 0.2) is 11.5 Å². The molecule has 24 heavy (non-hydrogen) atoms. The molecule has 0 saturated heterocycles. The third kappa shape index (κ3) is 3.82. The number of ether oxygens (including phenoxy) is 2. The number of anilines is 1. The van der Waals surface area contributed by atoms with Crippen molar-refractivity contribution in [3.8, 4) is 11.5 Å². The van der Waals surface area contributed by atoms with Crippen LogP contribution in [-0.4, -0.2) is 24.8 Å². The topological polar surface area (TPSA) is 89.0 Å². The smallest absolute Gasteiger partial charge is 0.329 e. The van der Waals surface area contributed by atoms with Crippen molar-refractivity contribution in [2.45, 2.75) is 0 Å². The minimum absolute atomic E-state index is 0.177. The lowest BCUT2D eigenvalue weighted by Gasteiger charge is -2.04. The van der Waals surface area contributed by atoms with Gasteiger partial charge in [0.05, 0.1) is 6.21 Å². The quantitative estimate of drug-likeness (QED) is 0.507. The van der Waals surface area contributed by atoms with Crippen LogP contribution in [0.1, 0.15) is 5.56 Å². The molecule has 2 aromatic rings. The first kappa shape index (κ1) is 15.8. The van der Waals surface area contributed by atoms with Crippen LogP contribution in [0.25, 0.3) is 0 Å². The largest absolute Gasteiger partial charge is 0.454 e. The Hall–Kier alpha value is -3.06. The van der Waals surface area contributed by atoms with Crippen molar-refractivity contribution in [2.75, 3.05) is 12.1 Å². The first-order valence-corrected chi connectivity index (χ1v) is 7.29. The summed E-state index contributed by atoms with van der Waals surface area (Å²) in [6.45, 7) is 0.177. The van der Waals surface area contributed by atoms with Gasteiger partial charge in [-0.1, -0.05) is 17.7 Å². The lowest BCUT2D eigenvalue weighted by Crippen LogP contribution is -2.32. The van der Waals surface area contributed by atoms with Crippen LogP contribution in [0.15, 0.2) is 47.6 Å². The van der Waals surface area contributed by atoms with Gasteiger partial charge in [0.1, 0.15) is 0 Å². The van der Waals surface area contributed by atoms with E-state index in [1.807, 2.05) is 0 Å². The Morgan fingerprint density at radius 3 is 2.75 bits per heavy atom. The number of halogens is 1. The van der Waals surface area contributed by atoms with Crippen LogP contribution in [0.4, 0.5) is 5.69 Å². The molecule has 0 spiro atoms. The number of amides is 2. The summed E-state index contributed by atoms with van der Waals surface area (Å²) in [5.74, 6) is -0.492. The average Bonchev–Trinajstić information content (AvgIpc) is 3.02. The Kier molecular flexibility index (Phi) is 4.62. The molecule has 122 valence electrons. The zero-order valence-corrected chi connectivity index (χ0v) is 13.0. The first-order valence-electron chi connectivity index (χ1n) is 6.91. The van der Waals surface area contributed by atoms with Gasteiger partial charge in [0.25, 0.3) is 0 Å². The number of benzene rings is 2. The van der Waals surface area contributed by atoms with Gasteiger partial charge >= 0.3 is 11.8 Å². The average molecular weight is 346 g/mol. The maximum atomic E-state index is 11.7. The highest BCUT2D eigenvalue weighted by Crippen LogP contribution is 2.31. The number of hydrogen-bond acceptors (Lipinski definition) is 5. The summed E-state index contributed by atoms with van der Waals surface area (Å²) in [6.07, 6.45) is 1.40. The summed E-state index contributed by atoms with van der Waals surface area (Å²) in [5, 5.41) is 6.61. The summed E-state index contributed by atoms with van der Waals surface area (Å²) in [7, 11) is 0. The summed E-state index contributed by atoms with van der Waals surface area (Å²) < 4.78 is 10.4. The molecule has 1 aliphatic heterocycles. The minimum Gasteiger partial charge on any atom is -0.454 e. The fourth-order valence-corrected chi connectivity index (χ4v) is 2.15. The molecule has 0 atom stereocenters. The lowest BCUT2D eigenvalue weighted by atomic mass is 10.2. The third-order valence-corrected chi connectivity index (χ3v) is 3.30. The highest BCUT2D eigenvalue weighted by molar-refractivity contribution is 6.39. The predicted molar refractivity (Wildman–Crippen MR) is 88.4 cm³/mol. The molecule has 2 amide bonds. The van der Waals surface area contributed by atoms with Crippen LogP contribution in [0.2, 0.25) is 5.02 Å². The molecule has 0 bridgehead atoms. The molecule has 2 aromatic carbocycles. The molecule has 0 unspecified atom stereocenters. The first-order chi connectivity index (χ1) is 11.6. The van der Waals surface area contributed by atoms with Gasteiger partial charge < -0.3 is 14.8 Å². The molecule has 3 rings (SSSR count). The van der Waals surface area contributed by atoms with Crippen LogP contribution < -0.4 is 20.2 Å². The van der Waals surface area contributed by atoms with Crippen molar-refractivity contribution in [1.29, 1.82) is 0 Å². The van der Waals surface area contributed by atoms with Gasteiger partial charge in [-0.3, -0.25) is 9.59 Å². The van der Waals surface area contributed by atoms with E-state index in [0.717, 1.165) is 0 Å². The van der Waals surface area contributed by atoms with Gasteiger partial charge in [-0.05, 0) is 42.0 Å². The molecule has 7 nitrogen and oxygen atoms in total. The van der Waals surface area contributed by atoms with Gasteiger partial charge in [0, 0.05) is 10.7 Å². The van der Waals surface area contributed by atoms with Crippen LogP contribution >= 0.6 is 11.6 Å². The van der Waals surface area contributed by atoms with Crippen molar-refractivity contribution in [3.05, 3.63) is 53.1 Å². The molecule has 0 aliphatic carbocycles. The lowest BCUT2D eigenvalue weighted by molar-refractivity contribution is -0.136. The number of fused-ring (bicyclic) bond motifs is 1. The summed E-state index contributed by atoms with van der Waals surface area (Å²) in [4.78, 5) is 23.4. The van der Waals surface area contributed by atoms with Crippen molar-refractivity contribution < 1.29 is 19.1 Å². The van der Waals surface area contributed by atoms with Gasteiger partial charge in [-0.2, -0.15) is 5.10 Å². The summed E-state index contributed by atoms with van der Waals surface area (Å²) in [5.41, 5.74) is 3.26. The molecule has 0 radical (unpaired) electrons. The molecule has 1 aliphatic rings. The number of carbonyl (C=O) groups excluding carboxylic acids is 2. The Labute approximate surface area is 142 Å². The second-order valence-corrected chi connectivity index (χ2v) is 5.21. The Morgan fingerprint density at radius 1 is 1.08 bits per heavy atom. The SMILES string of the molecule is O=C(NN=Cc1ccc2c(c1)OCO2)C(=O)Nc1cccc(Cl)c1. The molecular formula is C16H12ClN3O4.